The van der Waals surface area contributed by atoms with Crippen LogP contribution in [0.1, 0.15) is 32.1 Å². The molecule has 132 valence electrons. The third kappa shape index (κ3) is 3.87. The first-order valence-electron chi connectivity index (χ1n) is 8.51. The maximum absolute atomic E-state index is 12.7. The standard InChI is InChI=1S/C18H21N3O4/c22-16(21-10-4-3-5-13(21)8-9-17(23)24)11-20-12-19-15-7-2-1-6-14(15)18(20)25/h1-2,6-7,12-13H,3-5,8-11H2,(H,23,24). The second-order valence-corrected chi connectivity index (χ2v) is 6.36. The number of carbonyl (C=O) groups is 2. The van der Waals surface area contributed by atoms with E-state index >= 15 is 0 Å². The third-order valence-electron chi connectivity index (χ3n) is 4.68. The molecule has 0 saturated carbocycles. The van der Waals surface area contributed by atoms with Crippen LogP contribution in [0.5, 0.6) is 0 Å². The average Bonchev–Trinajstić information content (AvgIpc) is 2.62. The van der Waals surface area contributed by atoms with Gasteiger partial charge in [-0.15, -0.1) is 0 Å². The molecule has 1 aromatic carbocycles. The number of carbonyl (C=O) groups excluding carboxylic acids is 1. The zero-order chi connectivity index (χ0) is 17.8. The van der Waals surface area contributed by atoms with Gasteiger partial charge < -0.3 is 10.0 Å². The molecule has 7 heteroatoms. The van der Waals surface area contributed by atoms with Gasteiger partial charge in [-0.3, -0.25) is 19.0 Å². The largest absolute Gasteiger partial charge is 0.481 e. The van der Waals surface area contributed by atoms with Crippen LogP contribution in [0.15, 0.2) is 35.4 Å². The number of piperidine rings is 1. The summed E-state index contributed by atoms with van der Waals surface area (Å²) in [6, 6.07) is 6.97. The molecule has 1 aromatic heterocycles. The van der Waals surface area contributed by atoms with Gasteiger partial charge in [-0.1, -0.05) is 12.1 Å². The molecule has 1 amide bonds. The molecule has 0 spiro atoms. The van der Waals surface area contributed by atoms with Gasteiger partial charge in [0.1, 0.15) is 6.54 Å². The van der Waals surface area contributed by atoms with Crippen molar-refractivity contribution in [1.82, 2.24) is 14.5 Å². The van der Waals surface area contributed by atoms with Gasteiger partial charge in [-0.2, -0.15) is 0 Å². The first kappa shape index (κ1) is 17.1. The van der Waals surface area contributed by atoms with Gasteiger partial charge in [0, 0.05) is 19.0 Å². The van der Waals surface area contributed by atoms with E-state index in [2.05, 4.69) is 4.98 Å². The lowest BCUT2D eigenvalue weighted by atomic mass is 9.98. The Morgan fingerprint density at radius 3 is 2.84 bits per heavy atom. The fourth-order valence-electron chi connectivity index (χ4n) is 3.37. The van der Waals surface area contributed by atoms with Crippen molar-refractivity contribution in [3.63, 3.8) is 0 Å². The summed E-state index contributed by atoms with van der Waals surface area (Å²) in [6.45, 7) is 0.541. The highest BCUT2D eigenvalue weighted by Gasteiger charge is 2.27. The zero-order valence-electron chi connectivity index (χ0n) is 13.9. The normalized spacial score (nSPS) is 17.6. The minimum atomic E-state index is -0.854. The molecule has 1 N–H and O–H groups in total. The van der Waals surface area contributed by atoms with E-state index in [1.54, 1.807) is 23.1 Å². The Kier molecular flexibility index (Phi) is 5.11. The summed E-state index contributed by atoms with van der Waals surface area (Å²) < 4.78 is 1.33. The van der Waals surface area contributed by atoms with Crippen LogP contribution in [-0.2, 0) is 16.1 Å². The van der Waals surface area contributed by atoms with Gasteiger partial charge in [0.25, 0.3) is 5.56 Å². The van der Waals surface area contributed by atoms with Crippen LogP contribution in [0.2, 0.25) is 0 Å². The number of aromatic nitrogens is 2. The summed E-state index contributed by atoms with van der Waals surface area (Å²) in [5.41, 5.74) is 0.367. The Morgan fingerprint density at radius 2 is 2.04 bits per heavy atom. The Bertz CT molecular complexity index is 846. The van der Waals surface area contributed by atoms with E-state index in [9.17, 15) is 14.4 Å². The zero-order valence-corrected chi connectivity index (χ0v) is 13.9. The van der Waals surface area contributed by atoms with Crippen molar-refractivity contribution in [3.05, 3.63) is 40.9 Å². The average molecular weight is 343 g/mol. The lowest BCUT2D eigenvalue weighted by Gasteiger charge is -2.35. The minimum absolute atomic E-state index is 0.0475. The molecule has 1 fully saturated rings. The van der Waals surface area contributed by atoms with Crippen LogP contribution in [0.25, 0.3) is 10.9 Å². The minimum Gasteiger partial charge on any atom is -0.481 e. The van der Waals surface area contributed by atoms with Crippen LogP contribution in [0.4, 0.5) is 0 Å². The summed E-state index contributed by atoms with van der Waals surface area (Å²) in [6.07, 6.45) is 4.60. The molecule has 7 nitrogen and oxygen atoms in total. The second-order valence-electron chi connectivity index (χ2n) is 6.36. The molecular formula is C18H21N3O4. The number of rotatable bonds is 5. The van der Waals surface area contributed by atoms with E-state index in [1.165, 1.54) is 10.9 Å². The van der Waals surface area contributed by atoms with Crippen molar-refractivity contribution in [3.8, 4) is 0 Å². The Labute approximate surface area is 144 Å². The Balaban J connectivity index is 1.77. The van der Waals surface area contributed by atoms with E-state index in [1.807, 2.05) is 6.07 Å². The van der Waals surface area contributed by atoms with Crippen LogP contribution in [-0.4, -0.2) is 44.0 Å². The van der Waals surface area contributed by atoms with Crippen LogP contribution in [0, 0.1) is 0 Å². The number of carboxylic acid groups (broad SMARTS) is 1. The molecule has 1 aliphatic rings. The van der Waals surface area contributed by atoms with Gasteiger partial charge in [-0.05, 0) is 37.8 Å². The lowest BCUT2D eigenvalue weighted by Crippen LogP contribution is -2.46. The number of hydrogen-bond acceptors (Lipinski definition) is 4. The highest BCUT2D eigenvalue weighted by Crippen LogP contribution is 2.21. The molecule has 1 unspecified atom stereocenters. The highest BCUT2D eigenvalue weighted by molar-refractivity contribution is 5.79. The summed E-state index contributed by atoms with van der Waals surface area (Å²) >= 11 is 0. The van der Waals surface area contributed by atoms with Gasteiger partial charge in [-0.25, -0.2) is 4.98 Å². The number of benzene rings is 1. The smallest absolute Gasteiger partial charge is 0.303 e. The number of para-hydroxylation sites is 1. The number of amides is 1. The molecule has 2 heterocycles. The number of aliphatic carboxylic acids is 1. The fraction of sp³-hybridized carbons (Fsp3) is 0.444. The summed E-state index contributed by atoms with van der Waals surface area (Å²) in [5, 5.41) is 9.37. The highest BCUT2D eigenvalue weighted by atomic mass is 16.4. The SMILES string of the molecule is O=C(O)CCC1CCCCN1C(=O)Cn1cnc2ccccc2c1=O. The number of nitrogens with zero attached hydrogens (tertiary/aromatic N) is 3. The predicted octanol–water partition coefficient (Wildman–Crippen LogP) is 1.64. The van der Waals surface area contributed by atoms with Gasteiger partial charge >= 0.3 is 5.97 Å². The second kappa shape index (κ2) is 7.46. The quantitative estimate of drug-likeness (QED) is 0.891. The summed E-state index contributed by atoms with van der Waals surface area (Å²) in [5.74, 6) is -1.01. The number of hydrogen-bond donors (Lipinski definition) is 1. The van der Waals surface area contributed by atoms with Crippen molar-refractivity contribution < 1.29 is 14.7 Å². The number of likely N-dealkylation sites (tertiary alicyclic amines) is 1. The number of fused-ring (bicyclic) bond motifs is 1. The van der Waals surface area contributed by atoms with E-state index < -0.39 is 5.97 Å². The number of carboxylic acids is 1. The molecule has 1 aliphatic heterocycles. The summed E-state index contributed by atoms with van der Waals surface area (Å²) in [7, 11) is 0. The fourth-order valence-corrected chi connectivity index (χ4v) is 3.37. The van der Waals surface area contributed by atoms with E-state index in [4.69, 9.17) is 5.11 Å². The molecule has 3 rings (SSSR count). The molecule has 0 aliphatic carbocycles. The lowest BCUT2D eigenvalue weighted by molar-refractivity contribution is -0.140. The van der Waals surface area contributed by atoms with Crippen molar-refractivity contribution in [2.24, 2.45) is 0 Å². The van der Waals surface area contributed by atoms with E-state index in [-0.39, 0.29) is 30.5 Å². The molecular weight excluding hydrogens is 322 g/mol. The van der Waals surface area contributed by atoms with Crippen molar-refractivity contribution in [2.45, 2.75) is 44.7 Å². The predicted molar refractivity (Wildman–Crippen MR) is 92.2 cm³/mol. The maximum Gasteiger partial charge on any atom is 0.303 e. The topological polar surface area (TPSA) is 92.5 Å². The molecule has 1 atom stereocenters. The first-order chi connectivity index (χ1) is 12.1. The summed E-state index contributed by atoms with van der Waals surface area (Å²) in [4.78, 5) is 42.0. The Morgan fingerprint density at radius 1 is 1.24 bits per heavy atom. The molecule has 25 heavy (non-hydrogen) atoms. The third-order valence-corrected chi connectivity index (χ3v) is 4.68. The molecule has 0 bridgehead atoms. The molecule has 1 saturated heterocycles. The van der Waals surface area contributed by atoms with Crippen molar-refractivity contribution in [2.75, 3.05) is 6.54 Å². The van der Waals surface area contributed by atoms with Gasteiger partial charge in [0.05, 0.1) is 17.2 Å². The maximum atomic E-state index is 12.7. The Hall–Kier alpha value is -2.70. The van der Waals surface area contributed by atoms with Crippen LogP contribution < -0.4 is 5.56 Å². The van der Waals surface area contributed by atoms with Crippen molar-refractivity contribution >= 4 is 22.8 Å². The van der Waals surface area contributed by atoms with Crippen LogP contribution in [0.3, 0.4) is 0 Å². The first-order valence-corrected chi connectivity index (χ1v) is 8.51. The van der Waals surface area contributed by atoms with Crippen molar-refractivity contribution in [1.29, 1.82) is 0 Å². The monoisotopic (exact) mass is 343 g/mol. The van der Waals surface area contributed by atoms with E-state index in [0.29, 0.717) is 23.9 Å². The molecule has 2 aromatic rings. The molecule has 0 radical (unpaired) electrons. The van der Waals surface area contributed by atoms with Gasteiger partial charge in [0.15, 0.2) is 0 Å². The van der Waals surface area contributed by atoms with Gasteiger partial charge in [0.2, 0.25) is 5.91 Å². The van der Waals surface area contributed by atoms with E-state index in [0.717, 1.165) is 19.3 Å². The van der Waals surface area contributed by atoms with Crippen LogP contribution >= 0.6 is 0 Å².